The summed E-state index contributed by atoms with van der Waals surface area (Å²) in [6.45, 7) is 6.64. The van der Waals surface area contributed by atoms with Gasteiger partial charge < -0.3 is 15.3 Å². The van der Waals surface area contributed by atoms with E-state index in [1.165, 1.54) is 0 Å². The number of nitrogens with one attached hydrogen (secondary N) is 1. The van der Waals surface area contributed by atoms with Gasteiger partial charge >= 0.3 is 5.97 Å². The molecule has 2 heterocycles. The van der Waals surface area contributed by atoms with Gasteiger partial charge in [-0.25, -0.2) is 0 Å². The predicted octanol–water partition coefficient (Wildman–Crippen LogP) is -0.00500. The minimum atomic E-state index is -0.798. The fraction of sp³-hybridized carbons (Fsp3) is 0.857. The zero-order valence-corrected chi connectivity index (χ0v) is 12.2. The molecule has 0 bridgehead atoms. The molecule has 0 aromatic carbocycles. The van der Waals surface area contributed by atoms with Gasteiger partial charge in [0.15, 0.2) is 0 Å². The topological polar surface area (TPSA) is 72.9 Å². The number of carboxylic acids is 1. The van der Waals surface area contributed by atoms with Gasteiger partial charge in [-0.1, -0.05) is 6.92 Å². The Hall–Kier alpha value is -1.14. The summed E-state index contributed by atoms with van der Waals surface area (Å²) >= 11 is 0. The molecular formula is C14H25N3O3. The molecule has 0 radical (unpaired) electrons. The van der Waals surface area contributed by atoms with Crippen molar-refractivity contribution in [1.82, 2.24) is 15.1 Å². The van der Waals surface area contributed by atoms with Crippen molar-refractivity contribution in [3.8, 4) is 0 Å². The van der Waals surface area contributed by atoms with E-state index in [-0.39, 0.29) is 17.9 Å². The van der Waals surface area contributed by atoms with Crippen LogP contribution in [0.2, 0.25) is 0 Å². The van der Waals surface area contributed by atoms with Crippen LogP contribution >= 0.6 is 0 Å². The molecule has 0 unspecified atom stereocenters. The van der Waals surface area contributed by atoms with Crippen LogP contribution in [-0.4, -0.2) is 72.6 Å². The van der Waals surface area contributed by atoms with Crippen molar-refractivity contribution < 1.29 is 14.7 Å². The van der Waals surface area contributed by atoms with E-state index in [2.05, 4.69) is 12.2 Å². The largest absolute Gasteiger partial charge is 0.480 e. The first-order valence-corrected chi connectivity index (χ1v) is 7.52. The number of carbonyl (C=O) groups is 2. The molecular weight excluding hydrogens is 258 g/mol. The molecule has 2 saturated heterocycles. The van der Waals surface area contributed by atoms with Gasteiger partial charge in [0.05, 0.1) is 12.0 Å². The smallest absolute Gasteiger partial charge is 0.317 e. The van der Waals surface area contributed by atoms with Crippen LogP contribution in [0.1, 0.15) is 26.2 Å². The molecule has 0 aliphatic carbocycles. The monoisotopic (exact) mass is 283 g/mol. The van der Waals surface area contributed by atoms with Crippen LogP contribution in [0.5, 0.6) is 0 Å². The number of hydrogen-bond donors (Lipinski definition) is 2. The summed E-state index contributed by atoms with van der Waals surface area (Å²) in [5, 5.41) is 12.1. The first-order chi connectivity index (χ1) is 9.57. The molecule has 6 heteroatoms. The van der Waals surface area contributed by atoms with Crippen molar-refractivity contribution >= 4 is 11.9 Å². The molecule has 0 atom stereocenters. The van der Waals surface area contributed by atoms with E-state index in [0.717, 1.165) is 32.4 Å². The van der Waals surface area contributed by atoms with Crippen LogP contribution in [0, 0.1) is 5.41 Å². The maximum atomic E-state index is 12.8. The van der Waals surface area contributed by atoms with Crippen LogP contribution in [0.25, 0.3) is 0 Å². The zero-order valence-electron chi connectivity index (χ0n) is 12.2. The van der Waals surface area contributed by atoms with E-state index in [9.17, 15) is 9.59 Å². The molecule has 114 valence electrons. The summed E-state index contributed by atoms with van der Waals surface area (Å²) in [6.07, 6.45) is 2.72. The molecule has 0 aromatic rings. The lowest BCUT2D eigenvalue weighted by molar-refractivity contribution is -0.146. The van der Waals surface area contributed by atoms with E-state index in [1.54, 1.807) is 0 Å². The Morgan fingerprint density at radius 3 is 2.25 bits per heavy atom. The number of aliphatic carboxylic acids is 1. The van der Waals surface area contributed by atoms with Crippen molar-refractivity contribution in [2.45, 2.75) is 26.2 Å². The third kappa shape index (κ3) is 3.30. The molecule has 2 rings (SSSR count). The highest BCUT2D eigenvalue weighted by Crippen LogP contribution is 2.34. The molecule has 0 saturated carbocycles. The maximum absolute atomic E-state index is 12.8. The molecule has 20 heavy (non-hydrogen) atoms. The van der Waals surface area contributed by atoms with Crippen LogP contribution in [0.4, 0.5) is 0 Å². The second-order valence-electron chi connectivity index (χ2n) is 5.85. The zero-order chi connectivity index (χ0) is 14.6. The van der Waals surface area contributed by atoms with Gasteiger partial charge in [-0.05, 0) is 32.4 Å². The van der Waals surface area contributed by atoms with Gasteiger partial charge in [0.1, 0.15) is 0 Å². The maximum Gasteiger partial charge on any atom is 0.317 e. The highest BCUT2D eigenvalue weighted by molar-refractivity contribution is 5.83. The minimum absolute atomic E-state index is 0.0743. The van der Waals surface area contributed by atoms with Gasteiger partial charge in [0.25, 0.3) is 0 Å². The van der Waals surface area contributed by atoms with Gasteiger partial charge in [-0.15, -0.1) is 0 Å². The first-order valence-electron chi connectivity index (χ1n) is 7.52. The van der Waals surface area contributed by atoms with Gasteiger partial charge in [0, 0.05) is 26.2 Å². The highest BCUT2D eigenvalue weighted by atomic mass is 16.4. The van der Waals surface area contributed by atoms with Crippen molar-refractivity contribution in [2.24, 2.45) is 5.41 Å². The fourth-order valence-electron chi connectivity index (χ4n) is 3.26. The summed E-state index contributed by atoms with van der Waals surface area (Å²) in [4.78, 5) is 27.3. The Morgan fingerprint density at radius 2 is 1.75 bits per heavy atom. The third-order valence-corrected chi connectivity index (χ3v) is 4.71. The Bertz CT molecular complexity index is 359. The molecule has 2 fully saturated rings. The average molecular weight is 283 g/mol. The molecule has 2 aliphatic rings. The summed E-state index contributed by atoms with van der Waals surface area (Å²) in [5.41, 5.74) is -0.194. The normalized spacial score (nSPS) is 23.6. The Kier molecular flexibility index (Phi) is 4.99. The molecule has 0 spiro atoms. The van der Waals surface area contributed by atoms with Gasteiger partial charge in [0.2, 0.25) is 5.91 Å². The first kappa shape index (κ1) is 15.3. The van der Waals surface area contributed by atoms with Crippen molar-refractivity contribution in [2.75, 3.05) is 45.8 Å². The number of carbonyl (C=O) groups excluding carboxylic acids is 1. The second-order valence-corrected chi connectivity index (χ2v) is 5.85. The quantitative estimate of drug-likeness (QED) is 0.759. The number of amides is 1. The van der Waals surface area contributed by atoms with E-state index >= 15 is 0 Å². The number of carboxylic acid groups (broad SMARTS) is 1. The lowest BCUT2D eigenvalue weighted by Gasteiger charge is -2.42. The number of nitrogens with zero attached hydrogens (tertiary/aromatic N) is 2. The van der Waals surface area contributed by atoms with E-state index in [4.69, 9.17) is 5.11 Å². The Balaban J connectivity index is 1.92. The lowest BCUT2D eigenvalue weighted by atomic mass is 9.75. The number of rotatable bonds is 4. The summed E-state index contributed by atoms with van der Waals surface area (Å²) in [6, 6.07) is 0. The summed E-state index contributed by atoms with van der Waals surface area (Å²) in [5.74, 6) is -0.523. The van der Waals surface area contributed by atoms with Crippen LogP contribution < -0.4 is 5.32 Å². The average Bonchev–Trinajstić information content (AvgIpc) is 2.47. The van der Waals surface area contributed by atoms with Crippen molar-refractivity contribution in [1.29, 1.82) is 0 Å². The lowest BCUT2D eigenvalue weighted by Crippen LogP contribution is -2.55. The van der Waals surface area contributed by atoms with Crippen LogP contribution in [0.3, 0.4) is 0 Å². The molecule has 1 amide bonds. The van der Waals surface area contributed by atoms with Crippen molar-refractivity contribution in [3.05, 3.63) is 0 Å². The summed E-state index contributed by atoms with van der Waals surface area (Å²) in [7, 11) is 0. The fourth-order valence-corrected chi connectivity index (χ4v) is 3.26. The highest BCUT2D eigenvalue weighted by Gasteiger charge is 2.41. The van der Waals surface area contributed by atoms with Gasteiger partial charge in [-0.2, -0.15) is 0 Å². The van der Waals surface area contributed by atoms with E-state index in [0.29, 0.717) is 26.2 Å². The van der Waals surface area contributed by atoms with E-state index < -0.39 is 5.97 Å². The standard InChI is InChI=1S/C14H25N3O3/c1-2-14(3-5-15-6-4-14)13(20)17-9-7-16(8-10-17)11-12(18)19/h15H,2-11H2,1H3,(H,18,19). The second kappa shape index (κ2) is 6.54. The van der Waals surface area contributed by atoms with Gasteiger partial charge in [-0.3, -0.25) is 14.5 Å². The van der Waals surface area contributed by atoms with Crippen LogP contribution in [-0.2, 0) is 9.59 Å². The number of piperazine rings is 1. The van der Waals surface area contributed by atoms with E-state index in [1.807, 2.05) is 9.80 Å². The van der Waals surface area contributed by atoms with Crippen LogP contribution in [0.15, 0.2) is 0 Å². The minimum Gasteiger partial charge on any atom is -0.480 e. The molecule has 2 aliphatic heterocycles. The third-order valence-electron chi connectivity index (χ3n) is 4.71. The number of hydrogen-bond acceptors (Lipinski definition) is 4. The Morgan fingerprint density at radius 1 is 1.15 bits per heavy atom. The predicted molar refractivity (Wildman–Crippen MR) is 75.5 cm³/mol. The molecule has 0 aromatic heterocycles. The SMILES string of the molecule is CCC1(C(=O)N2CCN(CC(=O)O)CC2)CCNCC1. The Labute approximate surface area is 120 Å². The number of piperidine rings is 1. The summed E-state index contributed by atoms with van der Waals surface area (Å²) < 4.78 is 0. The van der Waals surface area contributed by atoms with Crippen molar-refractivity contribution in [3.63, 3.8) is 0 Å². The molecule has 2 N–H and O–H groups in total. The molecule has 6 nitrogen and oxygen atoms in total.